The van der Waals surface area contributed by atoms with Gasteiger partial charge in [-0.3, -0.25) is 30.3 Å². The number of imide groups is 2. The Morgan fingerprint density at radius 1 is 1.18 bits per heavy atom. The van der Waals surface area contributed by atoms with Gasteiger partial charge in [-0.05, 0) is 24.5 Å². The first-order valence-corrected chi connectivity index (χ1v) is 9.56. The molecule has 1 atom stereocenters. The molecule has 150 valence electrons. The minimum Gasteiger partial charge on any atom is -0.367 e. The molecule has 2 aliphatic rings. The van der Waals surface area contributed by atoms with Gasteiger partial charge in [-0.15, -0.1) is 0 Å². The minimum absolute atomic E-state index is 0.0161. The first-order valence-electron chi connectivity index (χ1n) is 9.56. The van der Waals surface area contributed by atoms with Crippen molar-refractivity contribution in [2.75, 3.05) is 11.4 Å². The summed E-state index contributed by atoms with van der Waals surface area (Å²) in [4.78, 5) is 50.4. The van der Waals surface area contributed by atoms with E-state index in [1.165, 1.54) is 12.1 Å². The van der Waals surface area contributed by atoms with Crippen molar-refractivity contribution in [2.24, 2.45) is 5.41 Å². The molecule has 2 aliphatic heterocycles. The zero-order chi connectivity index (χ0) is 20.5. The van der Waals surface area contributed by atoms with E-state index in [2.05, 4.69) is 10.6 Å². The monoisotopic (exact) mass is 388 g/mol. The number of nitrogens with one attached hydrogen (secondary N) is 2. The standard InChI is InChI=1S/C19H24N4O5/c1-3-5-9-22-14-8-7-13(23(27)28)10-12(14)11-19(15(22)6-4-2)16(24)20-18(26)21-17(19)25/h7-8,10,15H,3-6,9,11H2,1-2H3,(H2,20,21,24,25,26). The third kappa shape index (κ3) is 3.10. The number of barbiturate groups is 1. The molecule has 9 heteroatoms. The van der Waals surface area contributed by atoms with Crippen LogP contribution in [0.3, 0.4) is 0 Å². The maximum absolute atomic E-state index is 13.0. The van der Waals surface area contributed by atoms with Gasteiger partial charge in [-0.2, -0.15) is 0 Å². The zero-order valence-electron chi connectivity index (χ0n) is 16.0. The fourth-order valence-corrected chi connectivity index (χ4v) is 4.27. The Hall–Kier alpha value is -2.97. The molecule has 0 radical (unpaired) electrons. The van der Waals surface area contributed by atoms with E-state index in [4.69, 9.17) is 0 Å². The highest BCUT2D eigenvalue weighted by molar-refractivity contribution is 6.20. The van der Waals surface area contributed by atoms with Crippen LogP contribution in [-0.2, 0) is 16.0 Å². The van der Waals surface area contributed by atoms with Gasteiger partial charge >= 0.3 is 6.03 Å². The number of nitrogens with zero attached hydrogens (tertiary/aromatic N) is 2. The second kappa shape index (κ2) is 7.57. The highest BCUT2D eigenvalue weighted by Gasteiger charge is 2.59. The predicted molar refractivity (Wildman–Crippen MR) is 102 cm³/mol. The van der Waals surface area contributed by atoms with Gasteiger partial charge in [0.25, 0.3) is 5.69 Å². The van der Waals surface area contributed by atoms with Crippen LogP contribution in [-0.4, -0.2) is 35.4 Å². The summed E-state index contributed by atoms with van der Waals surface area (Å²) in [5, 5.41) is 15.7. The molecule has 1 saturated heterocycles. The summed E-state index contributed by atoms with van der Waals surface area (Å²) in [7, 11) is 0. The molecular weight excluding hydrogens is 364 g/mol. The van der Waals surface area contributed by atoms with Crippen LogP contribution < -0.4 is 15.5 Å². The van der Waals surface area contributed by atoms with E-state index in [0.717, 1.165) is 24.9 Å². The van der Waals surface area contributed by atoms with Crippen LogP contribution in [0.5, 0.6) is 0 Å². The van der Waals surface area contributed by atoms with Gasteiger partial charge in [-0.25, -0.2) is 4.79 Å². The highest BCUT2D eigenvalue weighted by atomic mass is 16.6. The lowest BCUT2D eigenvalue weighted by molar-refractivity contribution is -0.384. The second-order valence-corrected chi connectivity index (χ2v) is 7.31. The maximum Gasteiger partial charge on any atom is 0.328 e. The van der Waals surface area contributed by atoms with E-state index in [1.807, 2.05) is 18.7 Å². The number of carbonyl (C=O) groups is 3. The van der Waals surface area contributed by atoms with Gasteiger partial charge < -0.3 is 4.90 Å². The van der Waals surface area contributed by atoms with Crippen molar-refractivity contribution in [3.8, 4) is 0 Å². The van der Waals surface area contributed by atoms with Crippen LogP contribution in [0.1, 0.15) is 45.1 Å². The van der Waals surface area contributed by atoms with Crippen LogP contribution >= 0.6 is 0 Å². The predicted octanol–water partition coefficient (Wildman–Crippen LogP) is 2.28. The zero-order valence-corrected chi connectivity index (χ0v) is 16.0. The van der Waals surface area contributed by atoms with E-state index in [0.29, 0.717) is 18.5 Å². The number of unbranched alkanes of at least 4 members (excludes halogenated alkanes) is 1. The second-order valence-electron chi connectivity index (χ2n) is 7.31. The first kappa shape index (κ1) is 19.8. The molecule has 1 aromatic rings. The van der Waals surface area contributed by atoms with Gasteiger partial charge in [-0.1, -0.05) is 26.7 Å². The molecule has 0 bridgehead atoms. The number of nitro groups is 1. The van der Waals surface area contributed by atoms with E-state index in [1.54, 1.807) is 6.07 Å². The number of urea groups is 1. The molecular formula is C19H24N4O5. The number of rotatable bonds is 6. The van der Waals surface area contributed by atoms with Crippen molar-refractivity contribution in [3.05, 3.63) is 33.9 Å². The third-order valence-electron chi connectivity index (χ3n) is 5.58. The molecule has 0 aliphatic carbocycles. The summed E-state index contributed by atoms with van der Waals surface area (Å²) in [5.74, 6) is -1.28. The van der Waals surface area contributed by atoms with Crippen molar-refractivity contribution in [2.45, 2.75) is 52.0 Å². The Bertz CT molecular complexity index is 818. The number of amides is 4. The SMILES string of the molecule is CCCCN1c2ccc([N+](=O)[O-])cc2CC2(C(=O)NC(=O)NC2=O)C1CCC. The molecule has 0 saturated carbocycles. The van der Waals surface area contributed by atoms with Crippen LogP contribution in [0.25, 0.3) is 0 Å². The molecule has 28 heavy (non-hydrogen) atoms. The van der Waals surface area contributed by atoms with Crippen molar-refractivity contribution in [3.63, 3.8) is 0 Å². The fraction of sp³-hybridized carbons (Fsp3) is 0.526. The van der Waals surface area contributed by atoms with Crippen LogP contribution in [0, 0.1) is 15.5 Å². The third-order valence-corrected chi connectivity index (χ3v) is 5.58. The minimum atomic E-state index is -1.50. The van der Waals surface area contributed by atoms with Crippen molar-refractivity contribution in [1.82, 2.24) is 10.6 Å². The number of benzene rings is 1. The molecule has 3 rings (SSSR count). The molecule has 2 N–H and O–H groups in total. The van der Waals surface area contributed by atoms with Crippen LogP contribution in [0.4, 0.5) is 16.2 Å². The normalized spacial score (nSPS) is 20.6. The lowest BCUT2D eigenvalue weighted by Crippen LogP contribution is -2.71. The topological polar surface area (TPSA) is 122 Å². The highest BCUT2D eigenvalue weighted by Crippen LogP contribution is 2.45. The number of carbonyl (C=O) groups excluding carboxylic acids is 3. The summed E-state index contributed by atoms with van der Waals surface area (Å²) >= 11 is 0. The van der Waals surface area contributed by atoms with Crippen LogP contribution in [0.2, 0.25) is 0 Å². The van der Waals surface area contributed by atoms with E-state index in [-0.39, 0.29) is 12.1 Å². The van der Waals surface area contributed by atoms with Crippen molar-refractivity contribution >= 4 is 29.2 Å². The van der Waals surface area contributed by atoms with Crippen LogP contribution in [0.15, 0.2) is 18.2 Å². The fourth-order valence-electron chi connectivity index (χ4n) is 4.27. The lowest BCUT2D eigenvalue weighted by Gasteiger charge is -2.50. The summed E-state index contributed by atoms with van der Waals surface area (Å²) in [6.45, 7) is 4.63. The molecule has 2 heterocycles. The number of anilines is 1. The smallest absolute Gasteiger partial charge is 0.328 e. The molecule has 1 aromatic carbocycles. The van der Waals surface area contributed by atoms with Gasteiger partial charge in [0.05, 0.1) is 11.0 Å². The van der Waals surface area contributed by atoms with E-state index < -0.39 is 34.2 Å². The lowest BCUT2D eigenvalue weighted by atomic mass is 9.67. The summed E-state index contributed by atoms with van der Waals surface area (Å²) < 4.78 is 0. The Labute approximate surface area is 162 Å². The maximum atomic E-state index is 13.0. The number of hydrogen-bond donors (Lipinski definition) is 2. The average molecular weight is 388 g/mol. The molecule has 9 nitrogen and oxygen atoms in total. The van der Waals surface area contributed by atoms with Gasteiger partial charge in [0.1, 0.15) is 0 Å². The molecule has 1 unspecified atom stereocenters. The Kier molecular flexibility index (Phi) is 5.35. The quantitative estimate of drug-likeness (QED) is 0.438. The van der Waals surface area contributed by atoms with Crippen molar-refractivity contribution < 1.29 is 19.3 Å². The largest absolute Gasteiger partial charge is 0.367 e. The first-order chi connectivity index (χ1) is 13.3. The Balaban J connectivity index is 2.18. The summed E-state index contributed by atoms with van der Waals surface area (Å²) in [5.41, 5.74) is -0.219. The molecule has 1 spiro atoms. The Morgan fingerprint density at radius 2 is 1.86 bits per heavy atom. The Morgan fingerprint density at radius 3 is 2.43 bits per heavy atom. The number of non-ortho nitro benzene ring substituents is 1. The number of fused-ring (bicyclic) bond motifs is 1. The summed E-state index contributed by atoms with van der Waals surface area (Å²) in [6, 6.07) is 3.30. The van der Waals surface area contributed by atoms with Gasteiger partial charge in [0.15, 0.2) is 5.41 Å². The van der Waals surface area contributed by atoms with E-state index >= 15 is 0 Å². The van der Waals surface area contributed by atoms with Gasteiger partial charge in [0, 0.05) is 30.8 Å². The summed E-state index contributed by atoms with van der Waals surface area (Å²) in [6.07, 6.45) is 3.10. The van der Waals surface area contributed by atoms with Gasteiger partial charge in [0.2, 0.25) is 11.8 Å². The van der Waals surface area contributed by atoms with Crippen molar-refractivity contribution in [1.29, 1.82) is 0 Å². The molecule has 4 amide bonds. The molecule has 0 aromatic heterocycles. The van der Waals surface area contributed by atoms with E-state index in [9.17, 15) is 24.5 Å². The number of nitro benzene ring substituents is 1. The average Bonchev–Trinajstić information content (AvgIpc) is 2.64. The molecule has 1 fully saturated rings. The number of hydrogen-bond acceptors (Lipinski definition) is 6.